The number of carbonyl (C=O) groups is 1. The first-order valence-corrected chi connectivity index (χ1v) is 7.13. The molecule has 3 atom stereocenters. The van der Waals surface area contributed by atoms with Crippen molar-refractivity contribution in [2.45, 2.75) is 57.9 Å². The summed E-state index contributed by atoms with van der Waals surface area (Å²) in [6.45, 7) is 4.33. The van der Waals surface area contributed by atoms with Crippen molar-refractivity contribution < 1.29 is 9.90 Å². The Morgan fingerprint density at radius 2 is 2.12 bits per heavy atom. The Morgan fingerprint density at radius 3 is 2.82 bits per heavy atom. The second-order valence-corrected chi connectivity index (χ2v) is 5.96. The van der Waals surface area contributed by atoms with Crippen LogP contribution in [0.5, 0.6) is 0 Å². The summed E-state index contributed by atoms with van der Waals surface area (Å²) < 4.78 is 0. The quantitative estimate of drug-likeness (QED) is 0.820. The second kappa shape index (κ2) is 5.85. The molecular formula is C14H25NO2. The fraction of sp³-hybridized carbons (Fsp3) is 0.929. The highest BCUT2D eigenvalue weighted by atomic mass is 16.4. The van der Waals surface area contributed by atoms with E-state index < -0.39 is 5.97 Å². The molecule has 0 amide bonds. The summed E-state index contributed by atoms with van der Waals surface area (Å²) in [7, 11) is 0. The Kier molecular flexibility index (Phi) is 4.43. The van der Waals surface area contributed by atoms with Gasteiger partial charge in [0.15, 0.2) is 0 Å². The van der Waals surface area contributed by atoms with Crippen LogP contribution in [0.4, 0.5) is 0 Å². The molecule has 2 aliphatic rings. The molecule has 0 aromatic heterocycles. The van der Waals surface area contributed by atoms with Gasteiger partial charge in [-0.15, -0.1) is 0 Å². The van der Waals surface area contributed by atoms with Gasteiger partial charge in [-0.05, 0) is 50.6 Å². The van der Waals surface area contributed by atoms with Gasteiger partial charge in [0.1, 0.15) is 6.04 Å². The zero-order valence-corrected chi connectivity index (χ0v) is 10.9. The molecule has 98 valence electrons. The van der Waals surface area contributed by atoms with Crippen molar-refractivity contribution >= 4 is 5.97 Å². The number of likely N-dealkylation sites (tertiary alicyclic amines) is 1. The van der Waals surface area contributed by atoms with Crippen molar-refractivity contribution in [3.63, 3.8) is 0 Å². The van der Waals surface area contributed by atoms with Crippen molar-refractivity contribution in [1.29, 1.82) is 0 Å². The molecule has 0 bridgehead atoms. The van der Waals surface area contributed by atoms with Crippen molar-refractivity contribution in [3.8, 4) is 0 Å². The summed E-state index contributed by atoms with van der Waals surface area (Å²) in [5.41, 5.74) is 0. The van der Waals surface area contributed by atoms with E-state index in [9.17, 15) is 4.79 Å². The smallest absolute Gasteiger partial charge is 0.320 e. The summed E-state index contributed by atoms with van der Waals surface area (Å²) in [6, 6.07) is -0.198. The summed E-state index contributed by atoms with van der Waals surface area (Å²) >= 11 is 0. The molecule has 0 aromatic rings. The lowest BCUT2D eigenvalue weighted by atomic mass is 9.81. The highest BCUT2D eigenvalue weighted by Crippen LogP contribution is 2.31. The van der Waals surface area contributed by atoms with Crippen molar-refractivity contribution in [2.75, 3.05) is 13.1 Å². The Labute approximate surface area is 104 Å². The van der Waals surface area contributed by atoms with E-state index in [4.69, 9.17) is 5.11 Å². The van der Waals surface area contributed by atoms with E-state index >= 15 is 0 Å². The van der Waals surface area contributed by atoms with Gasteiger partial charge in [-0.1, -0.05) is 26.2 Å². The van der Waals surface area contributed by atoms with Crippen LogP contribution in [0.1, 0.15) is 51.9 Å². The summed E-state index contributed by atoms with van der Waals surface area (Å²) in [5.74, 6) is 1.09. The fourth-order valence-electron chi connectivity index (χ4n) is 3.54. The maximum atomic E-state index is 11.1. The van der Waals surface area contributed by atoms with E-state index in [2.05, 4.69) is 11.8 Å². The Balaban J connectivity index is 1.75. The number of hydrogen-bond acceptors (Lipinski definition) is 2. The van der Waals surface area contributed by atoms with Gasteiger partial charge in [0.2, 0.25) is 0 Å². The van der Waals surface area contributed by atoms with E-state index in [1.54, 1.807) is 0 Å². The maximum Gasteiger partial charge on any atom is 0.320 e. The Hall–Kier alpha value is -0.570. The highest BCUT2D eigenvalue weighted by molar-refractivity contribution is 5.73. The second-order valence-electron chi connectivity index (χ2n) is 5.96. The summed E-state index contributed by atoms with van der Waals surface area (Å²) in [4.78, 5) is 13.3. The van der Waals surface area contributed by atoms with Gasteiger partial charge in [0.25, 0.3) is 0 Å². The first kappa shape index (κ1) is 12.9. The van der Waals surface area contributed by atoms with Gasteiger partial charge in [-0.2, -0.15) is 0 Å². The van der Waals surface area contributed by atoms with E-state index in [-0.39, 0.29) is 6.04 Å². The minimum Gasteiger partial charge on any atom is -0.480 e. The number of aliphatic carboxylic acids is 1. The Morgan fingerprint density at radius 1 is 1.29 bits per heavy atom. The van der Waals surface area contributed by atoms with Crippen LogP contribution in [-0.2, 0) is 4.79 Å². The fourth-order valence-corrected chi connectivity index (χ4v) is 3.54. The van der Waals surface area contributed by atoms with E-state index in [1.807, 2.05) is 0 Å². The lowest BCUT2D eigenvalue weighted by molar-refractivity contribution is -0.142. The van der Waals surface area contributed by atoms with Crippen LogP contribution in [0.15, 0.2) is 0 Å². The third-order valence-electron chi connectivity index (χ3n) is 4.52. The molecule has 1 aliphatic heterocycles. The lowest BCUT2D eigenvalue weighted by Crippen LogP contribution is -2.37. The van der Waals surface area contributed by atoms with Crippen LogP contribution in [-0.4, -0.2) is 35.1 Å². The molecule has 1 N–H and O–H groups in total. The molecule has 0 spiro atoms. The van der Waals surface area contributed by atoms with Gasteiger partial charge < -0.3 is 5.11 Å². The number of carboxylic acid groups (broad SMARTS) is 1. The monoisotopic (exact) mass is 239 g/mol. The van der Waals surface area contributed by atoms with E-state index in [0.29, 0.717) is 0 Å². The zero-order chi connectivity index (χ0) is 12.3. The average Bonchev–Trinajstić information content (AvgIpc) is 2.74. The van der Waals surface area contributed by atoms with Gasteiger partial charge in [-0.3, -0.25) is 9.69 Å². The molecule has 0 aromatic carbocycles. The van der Waals surface area contributed by atoms with Crippen LogP contribution in [0, 0.1) is 11.8 Å². The molecular weight excluding hydrogens is 214 g/mol. The lowest BCUT2D eigenvalue weighted by Gasteiger charge is -2.29. The molecule has 0 radical (unpaired) electrons. The molecule has 2 rings (SSSR count). The number of nitrogens with zero attached hydrogens (tertiary/aromatic N) is 1. The van der Waals surface area contributed by atoms with Crippen LogP contribution in [0.25, 0.3) is 0 Å². The molecule has 1 aliphatic carbocycles. The SMILES string of the molecule is C[C@@H]1CCC[C@@H](CCN2CCC[C@@H]2C(=O)O)C1. The third kappa shape index (κ3) is 3.44. The number of hydrogen-bond donors (Lipinski definition) is 1. The standard InChI is InChI=1S/C14H25NO2/c1-11-4-2-5-12(10-11)7-9-15-8-3-6-13(15)14(16)17/h11-13H,2-10H2,1H3,(H,16,17)/t11-,12+,13-/m1/s1. The van der Waals surface area contributed by atoms with Crippen molar-refractivity contribution in [2.24, 2.45) is 11.8 Å². The van der Waals surface area contributed by atoms with Gasteiger partial charge >= 0.3 is 5.97 Å². The van der Waals surface area contributed by atoms with Crippen LogP contribution in [0.3, 0.4) is 0 Å². The third-order valence-corrected chi connectivity index (χ3v) is 4.52. The molecule has 3 nitrogen and oxygen atoms in total. The van der Waals surface area contributed by atoms with E-state index in [0.717, 1.165) is 37.8 Å². The molecule has 0 unspecified atom stereocenters. The number of rotatable bonds is 4. The van der Waals surface area contributed by atoms with Crippen LogP contribution >= 0.6 is 0 Å². The molecule has 1 saturated carbocycles. The van der Waals surface area contributed by atoms with E-state index in [1.165, 1.54) is 32.1 Å². The van der Waals surface area contributed by atoms with Crippen LogP contribution < -0.4 is 0 Å². The number of carboxylic acids is 1. The predicted octanol–water partition coefficient (Wildman–Crippen LogP) is 2.75. The van der Waals surface area contributed by atoms with Gasteiger partial charge in [-0.25, -0.2) is 0 Å². The molecule has 1 heterocycles. The Bertz CT molecular complexity index is 267. The first-order chi connectivity index (χ1) is 8.16. The maximum absolute atomic E-state index is 11.1. The molecule has 3 heteroatoms. The van der Waals surface area contributed by atoms with Gasteiger partial charge in [0, 0.05) is 0 Å². The highest BCUT2D eigenvalue weighted by Gasteiger charge is 2.30. The summed E-state index contributed by atoms with van der Waals surface area (Å²) in [6.07, 6.45) is 8.57. The first-order valence-electron chi connectivity index (χ1n) is 7.13. The zero-order valence-electron chi connectivity index (χ0n) is 10.9. The normalized spacial score (nSPS) is 35.0. The van der Waals surface area contributed by atoms with Crippen LogP contribution in [0.2, 0.25) is 0 Å². The van der Waals surface area contributed by atoms with Gasteiger partial charge in [0.05, 0.1) is 0 Å². The molecule has 2 fully saturated rings. The van der Waals surface area contributed by atoms with Crippen molar-refractivity contribution in [3.05, 3.63) is 0 Å². The van der Waals surface area contributed by atoms with Crippen molar-refractivity contribution in [1.82, 2.24) is 4.90 Å². The minimum atomic E-state index is -0.625. The molecule has 1 saturated heterocycles. The molecule has 17 heavy (non-hydrogen) atoms. The summed E-state index contributed by atoms with van der Waals surface area (Å²) in [5, 5.41) is 9.12. The largest absolute Gasteiger partial charge is 0.480 e. The topological polar surface area (TPSA) is 40.5 Å². The average molecular weight is 239 g/mol. The minimum absolute atomic E-state index is 0.198. The predicted molar refractivity (Wildman–Crippen MR) is 68.0 cm³/mol.